The van der Waals surface area contributed by atoms with Gasteiger partial charge >= 0.3 is 11.8 Å². The molecule has 0 heterocycles. The van der Waals surface area contributed by atoms with Crippen molar-refractivity contribution in [1.29, 1.82) is 0 Å². The van der Waals surface area contributed by atoms with Crippen molar-refractivity contribution in [1.82, 2.24) is 16.1 Å². The van der Waals surface area contributed by atoms with Crippen LogP contribution in [-0.2, 0) is 20.8 Å². The number of carbonyl (C=O) groups is 3. The van der Waals surface area contributed by atoms with Gasteiger partial charge in [0, 0.05) is 12.6 Å². The molecule has 0 unspecified atom stereocenters. The van der Waals surface area contributed by atoms with Gasteiger partial charge in [-0.05, 0) is 67.8 Å². The zero-order valence-corrected chi connectivity index (χ0v) is 19.7. The standard InChI is InChI=1S/C24H30N4O6/c1-16(2)27-22(29)15-34-19-8-5-18(6-9-19)14-26-28-24(31)23(30)25-12-11-17-7-10-20(32-3)21(13-17)33-4/h5-10,13-14,16H,11-12,15H2,1-4H3,(H,25,30)(H,27,29)(H,28,31)/b26-14-. The second-order valence-electron chi connectivity index (χ2n) is 7.47. The molecule has 2 aromatic carbocycles. The van der Waals surface area contributed by atoms with Crippen molar-refractivity contribution in [2.45, 2.75) is 26.3 Å². The second kappa shape index (κ2) is 13.5. The highest BCUT2D eigenvalue weighted by atomic mass is 16.5. The Morgan fingerprint density at radius 1 is 0.971 bits per heavy atom. The van der Waals surface area contributed by atoms with E-state index in [2.05, 4.69) is 21.2 Å². The highest BCUT2D eigenvalue weighted by molar-refractivity contribution is 6.35. The van der Waals surface area contributed by atoms with E-state index in [9.17, 15) is 14.4 Å². The van der Waals surface area contributed by atoms with Gasteiger partial charge in [0.05, 0.1) is 20.4 Å². The molecule has 3 N–H and O–H groups in total. The quantitative estimate of drug-likeness (QED) is 0.259. The summed E-state index contributed by atoms with van der Waals surface area (Å²) in [7, 11) is 3.10. The third-order valence-electron chi connectivity index (χ3n) is 4.43. The van der Waals surface area contributed by atoms with Gasteiger partial charge in [0.1, 0.15) is 5.75 Å². The summed E-state index contributed by atoms with van der Waals surface area (Å²) in [6.07, 6.45) is 1.90. The molecule has 0 saturated heterocycles. The summed E-state index contributed by atoms with van der Waals surface area (Å²) in [6, 6.07) is 12.2. The molecule has 10 heteroatoms. The summed E-state index contributed by atoms with van der Waals surface area (Å²) in [5.41, 5.74) is 3.78. The molecule has 10 nitrogen and oxygen atoms in total. The second-order valence-corrected chi connectivity index (χ2v) is 7.47. The van der Waals surface area contributed by atoms with Gasteiger partial charge in [-0.3, -0.25) is 14.4 Å². The minimum absolute atomic E-state index is 0.0459. The molecule has 2 aromatic rings. The number of hydrazone groups is 1. The van der Waals surface area contributed by atoms with Crippen molar-refractivity contribution in [3.63, 3.8) is 0 Å². The Morgan fingerprint density at radius 2 is 1.68 bits per heavy atom. The number of hydrogen-bond donors (Lipinski definition) is 3. The van der Waals surface area contributed by atoms with E-state index in [1.165, 1.54) is 6.21 Å². The number of amides is 3. The topological polar surface area (TPSA) is 127 Å². The predicted molar refractivity (Wildman–Crippen MR) is 127 cm³/mol. The molecule has 0 saturated carbocycles. The van der Waals surface area contributed by atoms with Crippen molar-refractivity contribution >= 4 is 23.9 Å². The van der Waals surface area contributed by atoms with Crippen molar-refractivity contribution < 1.29 is 28.6 Å². The van der Waals surface area contributed by atoms with Crippen LogP contribution in [-0.4, -0.2) is 57.3 Å². The first-order valence-electron chi connectivity index (χ1n) is 10.7. The van der Waals surface area contributed by atoms with E-state index in [0.717, 1.165) is 5.56 Å². The van der Waals surface area contributed by atoms with Crippen LogP contribution in [0, 0.1) is 0 Å². The van der Waals surface area contributed by atoms with Crippen LogP contribution >= 0.6 is 0 Å². The molecular formula is C24H30N4O6. The summed E-state index contributed by atoms with van der Waals surface area (Å²) < 4.78 is 15.8. The lowest BCUT2D eigenvalue weighted by Crippen LogP contribution is -2.38. The lowest BCUT2D eigenvalue weighted by molar-refractivity contribution is -0.139. The molecular weight excluding hydrogens is 440 g/mol. The molecule has 0 bridgehead atoms. The van der Waals surface area contributed by atoms with E-state index in [0.29, 0.717) is 29.2 Å². The number of benzene rings is 2. The Hall–Kier alpha value is -4.08. The smallest absolute Gasteiger partial charge is 0.329 e. The Balaban J connectivity index is 1.73. The number of nitrogens with zero attached hydrogens (tertiary/aromatic N) is 1. The minimum atomic E-state index is -0.875. The number of carbonyl (C=O) groups excluding carboxylic acids is 3. The molecule has 3 amide bonds. The maximum Gasteiger partial charge on any atom is 0.329 e. The Bertz CT molecular complexity index is 1010. The number of rotatable bonds is 11. The van der Waals surface area contributed by atoms with Gasteiger partial charge in [0.25, 0.3) is 5.91 Å². The van der Waals surface area contributed by atoms with Gasteiger partial charge < -0.3 is 24.8 Å². The molecule has 0 aromatic heterocycles. The summed E-state index contributed by atoms with van der Waals surface area (Å²) in [6.45, 7) is 3.92. The molecule has 0 aliphatic heterocycles. The van der Waals surface area contributed by atoms with Crippen molar-refractivity contribution in [3.8, 4) is 17.2 Å². The van der Waals surface area contributed by atoms with Crippen LogP contribution in [0.2, 0.25) is 0 Å². The Labute approximate surface area is 198 Å². The van der Waals surface area contributed by atoms with Gasteiger partial charge in [-0.15, -0.1) is 0 Å². The van der Waals surface area contributed by atoms with E-state index in [1.807, 2.05) is 26.0 Å². The number of hydrogen-bond acceptors (Lipinski definition) is 7. The van der Waals surface area contributed by atoms with Gasteiger partial charge in [0.2, 0.25) is 0 Å². The van der Waals surface area contributed by atoms with E-state index >= 15 is 0 Å². The van der Waals surface area contributed by atoms with Crippen molar-refractivity contribution in [2.75, 3.05) is 27.4 Å². The lowest BCUT2D eigenvalue weighted by atomic mass is 10.1. The molecule has 0 radical (unpaired) electrons. The molecule has 182 valence electrons. The molecule has 34 heavy (non-hydrogen) atoms. The molecule has 0 spiro atoms. The van der Waals surface area contributed by atoms with Crippen LogP contribution in [0.1, 0.15) is 25.0 Å². The van der Waals surface area contributed by atoms with Crippen LogP contribution < -0.4 is 30.3 Å². The number of methoxy groups -OCH3 is 2. The third kappa shape index (κ3) is 8.81. The van der Waals surface area contributed by atoms with Gasteiger partial charge in [-0.25, -0.2) is 5.43 Å². The van der Waals surface area contributed by atoms with E-state index in [-0.39, 0.29) is 25.1 Å². The SMILES string of the molecule is COc1ccc(CCNC(=O)C(=O)N/N=C\c2ccc(OCC(=O)NC(C)C)cc2)cc1OC. The van der Waals surface area contributed by atoms with Gasteiger partial charge in [0.15, 0.2) is 18.1 Å². The highest BCUT2D eigenvalue weighted by Gasteiger charge is 2.12. The first-order valence-corrected chi connectivity index (χ1v) is 10.7. The molecule has 0 aliphatic rings. The molecule has 0 atom stereocenters. The first-order chi connectivity index (χ1) is 16.3. The van der Waals surface area contributed by atoms with Crippen LogP contribution in [0.4, 0.5) is 0 Å². The summed E-state index contributed by atoms with van der Waals surface area (Å²) in [4.78, 5) is 35.5. The average molecular weight is 471 g/mol. The lowest BCUT2D eigenvalue weighted by Gasteiger charge is -2.10. The van der Waals surface area contributed by atoms with Crippen molar-refractivity contribution in [3.05, 3.63) is 53.6 Å². The van der Waals surface area contributed by atoms with Crippen LogP contribution in [0.5, 0.6) is 17.2 Å². The monoisotopic (exact) mass is 470 g/mol. The largest absolute Gasteiger partial charge is 0.493 e. The van der Waals surface area contributed by atoms with E-state index < -0.39 is 11.8 Å². The maximum absolute atomic E-state index is 11.9. The highest BCUT2D eigenvalue weighted by Crippen LogP contribution is 2.27. The fourth-order valence-electron chi connectivity index (χ4n) is 2.82. The zero-order valence-electron chi connectivity index (χ0n) is 19.7. The normalized spacial score (nSPS) is 10.6. The third-order valence-corrected chi connectivity index (χ3v) is 4.43. The van der Waals surface area contributed by atoms with E-state index in [1.54, 1.807) is 44.6 Å². The summed E-state index contributed by atoms with van der Waals surface area (Å²) in [5, 5.41) is 9.06. The number of nitrogens with one attached hydrogen (secondary N) is 3. The summed E-state index contributed by atoms with van der Waals surface area (Å²) >= 11 is 0. The molecule has 2 rings (SSSR count). The fourth-order valence-corrected chi connectivity index (χ4v) is 2.82. The Kier molecular flexibility index (Phi) is 10.4. The van der Waals surface area contributed by atoms with Crippen LogP contribution in [0.15, 0.2) is 47.6 Å². The molecule has 0 aliphatic carbocycles. The first kappa shape index (κ1) is 26.2. The molecule has 0 fully saturated rings. The summed E-state index contributed by atoms with van der Waals surface area (Å²) in [5.74, 6) is -0.140. The number of ether oxygens (including phenoxy) is 3. The van der Waals surface area contributed by atoms with Crippen molar-refractivity contribution in [2.24, 2.45) is 5.10 Å². The van der Waals surface area contributed by atoms with Gasteiger partial charge in [-0.1, -0.05) is 6.07 Å². The minimum Gasteiger partial charge on any atom is -0.493 e. The average Bonchev–Trinajstić information content (AvgIpc) is 2.82. The maximum atomic E-state index is 11.9. The Morgan fingerprint density at radius 3 is 2.32 bits per heavy atom. The van der Waals surface area contributed by atoms with Crippen LogP contribution in [0.3, 0.4) is 0 Å². The van der Waals surface area contributed by atoms with Gasteiger partial charge in [-0.2, -0.15) is 5.10 Å². The van der Waals surface area contributed by atoms with Crippen LogP contribution in [0.25, 0.3) is 0 Å². The zero-order chi connectivity index (χ0) is 24.9. The predicted octanol–water partition coefficient (Wildman–Crippen LogP) is 1.42. The fraction of sp³-hybridized carbons (Fsp3) is 0.333. The van der Waals surface area contributed by atoms with E-state index in [4.69, 9.17) is 14.2 Å².